The van der Waals surface area contributed by atoms with Gasteiger partial charge in [0.2, 0.25) is 0 Å². The molecular weight excluding hydrogens is 715 g/mol. The fourth-order valence-corrected chi connectivity index (χ4v) is 7.91. The normalized spacial score (nSPS) is 14.7. The fourth-order valence-electron chi connectivity index (χ4n) is 7.57. The Morgan fingerprint density at radius 1 is 0.574 bits per heavy atom. The van der Waals surface area contributed by atoms with Crippen LogP contribution in [0, 0.1) is 11.8 Å². The molecule has 2 aliphatic rings. The number of carbonyl (C=O) groups is 2. The van der Waals surface area contributed by atoms with Gasteiger partial charge in [-0.05, 0) is 109 Å². The number of benzene rings is 4. The van der Waals surface area contributed by atoms with E-state index < -0.39 is 0 Å². The van der Waals surface area contributed by atoms with Crippen LogP contribution in [0.2, 0.25) is 10.0 Å². The molecule has 0 radical (unpaired) electrons. The molecule has 2 saturated carbocycles. The predicted octanol–water partition coefficient (Wildman–Crippen LogP) is 12.5. The van der Waals surface area contributed by atoms with Gasteiger partial charge in [0.25, 0.3) is 0 Å². The minimum atomic E-state index is -0.271. The third-order valence-electron chi connectivity index (χ3n) is 10.5. The predicted molar refractivity (Wildman–Crippen MR) is 223 cm³/mol. The molecule has 0 unspecified atom stereocenters. The highest BCUT2D eigenvalue weighted by Crippen LogP contribution is 2.32. The molecule has 2 aliphatic carbocycles. The highest BCUT2D eigenvalue weighted by molar-refractivity contribution is 6.30. The monoisotopic (exact) mass is 770 g/mol. The summed E-state index contributed by atoms with van der Waals surface area (Å²) < 4.78 is 10.3. The van der Waals surface area contributed by atoms with Gasteiger partial charge in [0.1, 0.15) is 0 Å². The molecule has 6 rings (SSSR count). The Labute approximate surface area is 332 Å². The van der Waals surface area contributed by atoms with E-state index in [2.05, 4.69) is 28.8 Å². The molecule has 0 aromatic heterocycles. The third-order valence-corrected chi connectivity index (χ3v) is 11.0. The van der Waals surface area contributed by atoms with E-state index in [1.54, 1.807) is 0 Å². The third kappa shape index (κ3) is 13.1. The lowest BCUT2D eigenvalue weighted by Gasteiger charge is -2.23. The van der Waals surface area contributed by atoms with E-state index in [0.29, 0.717) is 37.4 Å². The van der Waals surface area contributed by atoms with Gasteiger partial charge in [-0.25, -0.2) is 9.59 Å². The Morgan fingerprint density at radius 2 is 1.06 bits per heavy atom. The SMILES string of the molecule is CCOC(=O)c1ccc(CC2CCCCC2)c(NCc2ccc(Cl)cc2)c1.CCOC(=O)c1ccc(CC2CCCCC2)c(NCc2cccc(Cl)c2)c1. The van der Waals surface area contributed by atoms with Gasteiger partial charge in [-0.15, -0.1) is 0 Å². The number of hydrogen-bond acceptors (Lipinski definition) is 6. The Balaban J connectivity index is 0.000000208. The first-order valence-corrected chi connectivity index (χ1v) is 20.6. The van der Waals surface area contributed by atoms with Crippen molar-refractivity contribution < 1.29 is 19.1 Å². The zero-order chi connectivity index (χ0) is 38.1. The number of hydrogen-bond donors (Lipinski definition) is 2. The molecule has 0 heterocycles. The van der Waals surface area contributed by atoms with Crippen LogP contribution < -0.4 is 10.6 Å². The summed E-state index contributed by atoms with van der Waals surface area (Å²) in [5.41, 5.74) is 8.07. The second kappa shape index (κ2) is 21.8. The van der Waals surface area contributed by atoms with Crippen molar-refractivity contribution in [2.75, 3.05) is 23.8 Å². The van der Waals surface area contributed by atoms with Gasteiger partial charge in [0, 0.05) is 34.5 Å². The molecule has 0 bridgehead atoms. The standard InChI is InChI=1S/2C23H28ClNO2/c1-2-27-23(26)20-12-11-19(13-17-7-4-3-5-8-17)22(15-20)25-16-18-9-6-10-21(24)14-18;1-2-27-23(26)20-11-10-19(14-17-6-4-3-5-7-17)22(15-20)25-16-18-8-12-21(24)13-9-18/h6,9-12,14-15,17,25H,2-5,7-8,13,16H2,1H3;8-13,15,17,25H,2-7,14,16H2,1H3. The molecule has 0 amide bonds. The quantitative estimate of drug-likeness (QED) is 0.124. The second-order valence-electron chi connectivity index (χ2n) is 14.6. The Kier molecular flexibility index (Phi) is 16.6. The average Bonchev–Trinajstić information content (AvgIpc) is 3.19. The second-order valence-corrected chi connectivity index (χ2v) is 15.4. The van der Waals surface area contributed by atoms with Crippen molar-refractivity contribution in [2.24, 2.45) is 11.8 Å². The van der Waals surface area contributed by atoms with Gasteiger partial charge in [-0.3, -0.25) is 0 Å². The summed E-state index contributed by atoms with van der Waals surface area (Å²) in [6, 6.07) is 27.5. The van der Waals surface area contributed by atoms with E-state index in [4.69, 9.17) is 32.7 Å². The molecule has 8 heteroatoms. The minimum absolute atomic E-state index is 0.267. The number of esters is 2. The number of nitrogens with one attached hydrogen (secondary N) is 2. The number of anilines is 2. The van der Waals surface area contributed by atoms with Crippen LogP contribution in [0.25, 0.3) is 0 Å². The molecule has 4 aromatic rings. The zero-order valence-electron chi connectivity index (χ0n) is 31.9. The molecule has 2 fully saturated rings. The topological polar surface area (TPSA) is 76.7 Å². The van der Waals surface area contributed by atoms with Crippen molar-refractivity contribution in [3.63, 3.8) is 0 Å². The summed E-state index contributed by atoms with van der Waals surface area (Å²) in [6.07, 6.45) is 15.4. The van der Waals surface area contributed by atoms with Gasteiger partial charge in [0.05, 0.1) is 24.3 Å². The smallest absolute Gasteiger partial charge is 0.338 e. The van der Waals surface area contributed by atoms with Crippen LogP contribution in [-0.4, -0.2) is 25.2 Å². The number of ether oxygens (including phenoxy) is 2. The molecule has 0 spiro atoms. The molecule has 6 nitrogen and oxygen atoms in total. The van der Waals surface area contributed by atoms with Gasteiger partial charge in [-0.2, -0.15) is 0 Å². The lowest BCUT2D eigenvalue weighted by atomic mass is 9.84. The maximum atomic E-state index is 12.1. The summed E-state index contributed by atoms with van der Waals surface area (Å²) in [4.78, 5) is 24.3. The summed E-state index contributed by atoms with van der Waals surface area (Å²) in [5.74, 6) is 0.936. The van der Waals surface area contributed by atoms with E-state index >= 15 is 0 Å². The van der Waals surface area contributed by atoms with Gasteiger partial charge in [0.15, 0.2) is 0 Å². The lowest BCUT2D eigenvalue weighted by molar-refractivity contribution is 0.0517. The number of halogens is 2. The minimum Gasteiger partial charge on any atom is -0.462 e. The van der Waals surface area contributed by atoms with Crippen LogP contribution in [0.3, 0.4) is 0 Å². The van der Waals surface area contributed by atoms with Crippen LogP contribution in [0.4, 0.5) is 11.4 Å². The maximum Gasteiger partial charge on any atom is 0.338 e. The Hall–Kier alpha value is -4.00. The van der Waals surface area contributed by atoms with Crippen molar-refractivity contribution in [1.29, 1.82) is 0 Å². The van der Waals surface area contributed by atoms with E-state index in [1.165, 1.54) is 75.3 Å². The van der Waals surface area contributed by atoms with Crippen molar-refractivity contribution >= 4 is 46.5 Å². The summed E-state index contributed by atoms with van der Waals surface area (Å²) in [7, 11) is 0. The largest absolute Gasteiger partial charge is 0.462 e. The van der Waals surface area contributed by atoms with Crippen LogP contribution >= 0.6 is 23.2 Å². The first kappa shape index (κ1) is 41.2. The summed E-state index contributed by atoms with van der Waals surface area (Å²) in [5, 5.41) is 8.51. The molecule has 0 saturated heterocycles. The fraction of sp³-hybridized carbons (Fsp3) is 0.435. The average molecular weight is 772 g/mol. The van der Waals surface area contributed by atoms with Crippen LogP contribution in [0.5, 0.6) is 0 Å². The van der Waals surface area contributed by atoms with Crippen LogP contribution in [0.1, 0.15) is 121 Å². The van der Waals surface area contributed by atoms with Crippen LogP contribution in [-0.2, 0) is 35.4 Å². The first-order chi connectivity index (χ1) is 26.3. The molecular formula is C46H56Cl2N2O4. The molecule has 0 atom stereocenters. The van der Waals surface area contributed by atoms with E-state index in [1.807, 2.05) is 80.6 Å². The Morgan fingerprint density at radius 3 is 1.52 bits per heavy atom. The number of rotatable bonds is 14. The zero-order valence-corrected chi connectivity index (χ0v) is 33.5. The van der Waals surface area contributed by atoms with Crippen LogP contribution in [0.15, 0.2) is 84.9 Å². The van der Waals surface area contributed by atoms with Crippen molar-refractivity contribution in [1.82, 2.24) is 0 Å². The molecule has 288 valence electrons. The Bertz CT molecular complexity index is 1780. The van der Waals surface area contributed by atoms with E-state index in [0.717, 1.165) is 57.2 Å². The highest BCUT2D eigenvalue weighted by atomic mass is 35.5. The maximum absolute atomic E-state index is 12.1. The van der Waals surface area contributed by atoms with Crippen molar-refractivity contribution in [3.8, 4) is 0 Å². The highest BCUT2D eigenvalue weighted by Gasteiger charge is 2.19. The molecule has 4 aromatic carbocycles. The lowest BCUT2D eigenvalue weighted by Crippen LogP contribution is -2.12. The summed E-state index contributed by atoms with van der Waals surface area (Å²) >= 11 is 12.1. The van der Waals surface area contributed by atoms with Crippen molar-refractivity contribution in [2.45, 2.75) is 104 Å². The van der Waals surface area contributed by atoms with Gasteiger partial charge < -0.3 is 20.1 Å². The van der Waals surface area contributed by atoms with Gasteiger partial charge >= 0.3 is 11.9 Å². The first-order valence-electron chi connectivity index (χ1n) is 19.9. The van der Waals surface area contributed by atoms with Gasteiger partial charge in [-0.1, -0.05) is 124 Å². The molecule has 0 aliphatic heterocycles. The number of carbonyl (C=O) groups excluding carboxylic acids is 2. The molecule has 2 N–H and O–H groups in total. The van der Waals surface area contributed by atoms with E-state index in [9.17, 15) is 9.59 Å². The van der Waals surface area contributed by atoms with Crippen molar-refractivity contribution in [3.05, 3.63) is 128 Å². The molecule has 54 heavy (non-hydrogen) atoms. The van der Waals surface area contributed by atoms with E-state index in [-0.39, 0.29) is 11.9 Å². The summed E-state index contributed by atoms with van der Waals surface area (Å²) in [6.45, 7) is 5.79.